The molecule has 0 spiro atoms. The van der Waals surface area contributed by atoms with Gasteiger partial charge in [-0.05, 0) is 44.6 Å². The maximum Gasteiger partial charge on any atom is 0.0731 e. The standard InChI is InChI=1S/C15H28N2O/c1-11(2)16-10-12-6-7-13(12)17-8-9-18-15-5-3-4-14(15)17/h11-16H,3-10H2,1-2H3. The van der Waals surface area contributed by atoms with E-state index >= 15 is 0 Å². The normalized spacial score (nSPS) is 40.8. The zero-order valence-corrected chi connectivity index (χ0v) is 11.9. The van der Waals surface area contributed by atoms with Crippen molar-refractivity contribution in [1.29, 1.82) is 0 Å². The number of hydrogen-bond acceptors (Lipinski definition) is 3. The van der Waals surface area contributed by atoms with Crippen LogP contribution in [0.5, 0.6) is 0 Å². The summed E-state index contributed by atoms with van der Waals surface area (Å²) >= 11 is 0. The number of morpholine rings is 1. The molecule has 4 atom stereocenters. The smallest absolute Gasteiger partial charge is 0.0731 e. The number of nitrogens with one attached hydrogen (secondary N) is 1. The molecule has 2 saturated carbocycles. The summed E-state index contributed by atoms with van der Waals surface area (Å²) < 4.78 is 5.93. The molecule has 4 unspecified atom stereocenters. The van der Waals surface area contributed by atoms with Crippen molar-refractivity contribution in [1.82, 2.24) is 10.2 Å². The molecule has 2 aliphatic carbocycles. The fourth-order valence-electron chi connectivity index (χ4n) is 3.98. The Morgan fingerprint density at radius 2 is 2.06 bits per heavy atom. The molecule has 3 rings (SSSR count). The maximum atomic E-state index is 5.93. The first kappa shape index (κ1) is 12.9. The zero-order chi connectivity index (χ0) is 12.5. The van der Waals surface area contributed by atoms with Crippen molar-refractivity contribution in [3.8, 4) is 0 Å². The molecule has 18 heavy (non-hydrogen) atoms. The second-order valence-electron chi connectivity index (χ2n) is 6.61. The average molecular weight is 252 g/mol. The second-order valence-corrected chi connectivity index (χ2v) is 6.61. The minimum absolute atomic E-state index is 0.554. The van der Waals surface area contributed by atoms with Gasteiger partial charge in [-0.15, -0.1) is 0 Å². The van der Waals surface area contributed by atoms with Crippen molar-refractivity contribution < 1.29 is 4.74 Å². The molecular weight excluding hydrogens is 224 g/mol. The largest absolute Gasteiger partial charge is 0.375 e. The summed E-state index contributed by atoms with van der Waals surface area (Å²) in [5, 5.41) is 3.62. The van der Waals surface area contributed by atoms with Crippen molar-refractivity contribution >= 4 is 0 Å². The lowest BCUT2D eigenvalue weighted by atomic mass is 9.77. The number of hydrogen-bond donors (Lipinski definition) is 1. The van der Waals surface area contributed by atoms with Crippen LogP contribution in [-0.4, -0.2) is 48.8 Å². The van der Waals surface area contributed by atoms with Crippen molar-refractivity contribution in [2.24, 2.45) is 5.92 Å². The minimum atomic E-state index is 0.554. The molecule has 1 heterocycles. The lowest BCUT2D eigenvalue weighted by Gasteiger charge is -2.50. The quantitative estimate of drug-likeness (QED) is 0.828. The maximum absolute atomic E-state index is 5.93. The van der Waals surface area contributed by atoms with E-state index < -0.39 is 0 Å². The van der Waals surface area contributed by atoms with Gasteiger partial charge >= 0.3 is 0 Å². The monoisotopic (exact) mass is 252 g/mol. The van der Waals surface area contributed by atoms with Gasteiger partial charge in [-0.1, -0.05) is 13.8 Å². The third-order valence-electron chi connectivity index (χ3n) is 5.12. The van der Waals surface area contributed by atoms with Gasteiger partial charge in [0, 0.05) is 24.7 Å². The Hall–Kier alpha value is -0.120. The van der Waals surface area contributed by atoms with E-state index in [1.165, 1.54) is 45.2 Å². The van der Waals surface area contributed by atoms with Crippen LogP contribution < -0.4 is 5.32 Å². The van der Waals surface area contributed by atoms with Gasteiger partial charge in [-0.2, -0.15) is 0 Å². The Morgan fingerprint density at radius 1 is 1.17 bits per heavy atom. The summed E-state index contributed by atoms with van der Waals surface area (Å²) in [6.45, 7) is 7.83. The highest BCUT2D eigenvalue weighted by Gasteiger charge is 2.44. The van der Waals surface area contributed by atoms with E-state index in [1.54, 1.807) is 0 Å². The molecule has 0 aromatic rings. The first-order valence-corrected chi connectivity index (χ1v) is 7.86. The summed E-state index contributed by atoms with van der Waals surface area (Å²) in [6, 6.07) is 2.20. The molecule has 3 fully saturated rings. The summed E-state index contributed by atoms with van der Waals surface area (Å²) in [5.74, 6) is 0.881. The first-order chi connectivity index (χ1) is 8.75. The van der Waals surface area contributed by atoms with E-state index in [4.69, 9.17) is 4.74 Å². The van der Waals surface area contributed by atoms with E-state index in [0.29, 0.717) is 12.1 Å². The third-order valence-corrected chi connectivity index (χ3v) is 5.12. The number of fused-ring (bicyclic) bond motifs is 1. The van der Waals surface area contributed by atoms with E-state index in [2.05, 4.69) is 24.1 Å². The Balaban J connectivity index is 1.56. The van der Waals surface area contributed by atoms with Crippen LogP contribution in [-0.2, 0) is 4.74 Å². The van der Waals surface area contributed by atoms with Crippen LogP contribution in [0.1, 0.15) is 46.0 Å². The molecule has 3 aliphatic rings. The van der Waals surface area contributed by atoms with Gasteiger partial charge in [0.05, 0.1) is 12.7 Å². The minimum Gasteiger partial charge on any atom is -0.375 e. The van der Waals surface area contributed by atoms with E-state index in [0.717, 1.165) is 24.6 Å². The van der Waals surface area contributed by atoms with Gasteiger partial charge in [0.1, 0.15) is 0 Å². The van der Waals surface area contributed by atoms with Gasteiger partial charge in [-0.25, -0.2) is 0 Å². The number of nitrogens with zero attached hydrogens (tertiary/aromatic N) is 1. The predicted octanol–water partition coefficient (Wildman–Crippen LogP) is 2.02. The number of ether oxygens (including phenoxy) is 1. The topological polar surface area (TPSA) is 24.5 Å². The van der Waals surface area contributed by atoms with E-state index in [1.807, 2.05) is 0 Å². The molecule has 3 heteroatoms. The molecular formula is C15H28N2O. The lowest BCUT2D eigenvalue weighted by molar-refractivity contribution is -0.0973. The fraction of sp³-hybridized carbons (Fsp3) is 1.00. The van der Waals surface area contributed by atoms with Gasteiger partial charge in [0.25, 0.3) is 0 Å². The Morgan fingerprint density at radius 3 is 2.78 bits per heavy atom. The SMILES string of the molecule is CC(C)NCC1CCC1N1CCOC2CCCC21. The van der Waals surface area contributed by atoms with Crippen molar-refractivity contribution in [2.75, 3.05) is 19.7 Å². The fourth-order valence-corrected chi connectivity index (χ4v) is 3.98. The zero-order valence-electron chi connectivity index (χ0n) is 11.9. The summed E-state index contributed by atoms with van der Waals surface area (Å²) in [4.78, 5) is 2.80. The number of rotatable bonds is 4. The van der Waals surface area contributed by atoms with Crippen LogP contribution in [0.25, 0.3) is 0 Å². The highest BCUT2D eigenvalue weighted by atomic mass is 16.5. The Labute approximate surface area is 111 Å². The summed E-state index contributed by atoms with van der Waals surface area (Å²) in [5.41, 5.74) is 0. The van der Waals surface area contributed by atoms with Crippen molar-refractivity contribution in [3.05, 3.63) is 0 Å². The van der Waals surface area contributed by atoms with Crippen molar-refractivity contribution in [3.63, 3.8) is 0 Å². The van der Waals surface area contributed by atoms with Gasteiger partial charge in [0.2, 0.25) is 0 Å². The molecule has 1 saturated heterocycles. The van der Waals surface area contributed by atoms with Crippen LogP contribution in [0.3, 0.4) is 0 Å². The van der Waals surface area contributed by atoms with E-state index in [9.17, 15) is 0 Å². The van der Waals surface area contributed by atoms with Crippen LogP contribution in [0.15, 0.2) is 0 Å². The highest BCUT2D eigenvalue weighted by Crippen LogP contribution is 2.38. The van der Waals surface area contributed by atoms with Crippen molar-refractivity contribution in [2.45, 2.75) is 70.2 Å². The average Bonchev–Trinajstić information content (AvgIpc) is 2.76. The van der Waals surface area contributed by atoms with Crippen LogP contribution in [0, 0.1) is 5.92 Å². The molecule has 0 amide bonds. The molecule has 1 aliphatic heterocycles. The second kappa shape index (κ2) is 5.48. The van der Waals surface area contributed by atoms with Crippen LogP contribution in [0.4, 0.5) is 0 Å². The van der Waals surface area contributed by atoms with E-state index in [-0.39, 0.29) is 0 Å². The first-order valence-electron chi connectivity index (χ1n) is 7.86. The van der Waals surface area contributed by atoms with Gasteiger partial charge in [-0.3, -0.25) is 4.90 Å². The predicted molar refractivity (Wildman–Crippen MR) is 73.7 cm³/mol. The van der Waals surface area contributed by atoms with Gasteiger partial charge in [0.15, 0.2) is 0 Å². The third kappa shape index (κ3) is 2.45. The molecule has 0 bridgehead atoms. The van der Waals surface area contributed by atoms with Crippen LogP contribution in [0.2, 0.25) is 0 Å². The van der Waals surface area contributed by atoms with Crippen LogP contribution >= 0.6 is 0 Å². The molecule has 0 aromatic heterocycles. The Kier molecular flexibility index (Phi) is 3.92. The molecule has 3 nitrogen and oxygen atoms in total. The molecule has 1 N–H and O–H groups in total. The van der Waals surface area contributed by atoms with Gasteiger partial charge < -0.3 is 10.1 Å². The highest BCUT2D eigenvalue weighted by molar-refractivity contribution is 4.98. The molecule has 0 aromatic carbocycles. The molecule has 104 valence electrons. The summed E-state index contributed by atoms with van der Waals surface area (Å²) in [7, 11) is 0. The molecule has 0 radical (unpaired) electrons. The lowest BCUT2D eigenvalue weighted by Crippen LogP contribution is -2.59. The Bertz CT molecular complexity index is 282. The summed E-state index contributed by atoms with van der Waals surface area (Å²) in [6.07, 6.45) is 7.41.